The fraction of sp³-hybridized carbons (Fsp3) is 0.500. The first kappa shape index (κ1) is 16.0. The highest BCUT2D eigenvalue weighted by atomic mass is 35.5. The molecule has 1 aliphatic heterocycles. The molecule has 0 bridgehead atoms. The van der Waals surface area contributed by atoms with Gasteiger partial charge in [0.15, 0.2) is 16.7 Å². The molecule has 1 saturated heterocycles. The van der Waals surface area contributed by atoms with E-state index in [1.165, 1.54) is 24.0 Å². The molecule has 2 aromatic heterocycles. The third-order valence-electron chi connectivity index (χ3n) is 3.77. The predicted molar refractivity (Wildman–Crippen MR) is 83.4 cm³/mol. The summed E-state index contributed by atoms with van der Waals surface area (Å²) in [5.74, 6) is 5.55. The molecule has 2 aromatic rings. The molecular weight excluding hydrogens is 322 g/mol. The van der Waals surface area contributed by atoms with Crippen molar-refractivity contribution in [1.29, 1.82) is 0 Å². The monoisotopic (exact) mass is 337 g/mol. The fourth-order valence-corrected chi connectivity index (χ4v) is 3.07. The van der Waals surface area contributed by atoms with Crippen LogP contribution in [0, 0.1) is 11.8 Å². The topological polar surface area (TPSA) is 119 Å². The van der Waals surface area contributed by atoms with Crippen LogP contribution < -0.4 is 5.73 Å². The van der Waals surface area contributed by atoms with Gasteiger partial charge in [-0.3, -0.25) is 4.57 Å². The van der Waals surface area contributed by atoms with E-state index in [2.05, 4.69) is 26.8 Å². The number of aliphatic hydroxyl groups is 2. The van der Waals surface area contributed by atoms with Crippen molar-refractivity contribution in [3.63, 3.8) is 0 Å². The summed E-state index contributed by atoms with van der Waals surface area (Å²) in [6.07, 6.45) is -0.970. The molecule has 4 N–H and O–H groups in total. The second kappa shape index (κ2) is 5.62. The standard InChI is InChI=1S/C14H16ClN5O3/c1-3-4-14(15)10(22)9(7(2)21)23-12(14)20-6-18-8-5-17-13(16)19-11(8)20/h5-7,9-10,12,21-22H,1-2H3,(H2,16,17,19)/t7-,9-,10?,12-,14?/m1/s1. The van der Waals surface area contributed by atoms with Crippen LogP contribution in [0.1, 0.15) is 20.1 Å². The lowest BCUT2D eigenvalue weighted by Crippen LogP contribution is -2.43. The van der Waals surface area contributed by atoms with E-state index in [0.29, 0.717) is 11.2 Å². The van der Waals surface area contributed by atoms with Gasteiger partial charge in [0.2, 0.25) is 5.95 Å². The molecule has 0 spiro atoms. The molecule has 0 amide bonds. The highest BCUT2D eigenvalue weighted by Gasteiger charge is 2.57. The molecule has 1 fully saturated rings. The molecule has 8 nitrogen and oxygen atoms in total. The van der Waals surface area contributed by atoms with Gasteiger partial charge in [-0.25, -0.2) is 9.97 Å². The number of ether oxygens (including phenoxy) is 1. The van der Waals surface area contributed by atoms with E-state index in [0.717, 1.165) is 0 Å². The van der Waals surface area contributed by atoms with Gasteiger partial charge < -0.3 is 20.7 Å². The van der Waals surface area contributed by atoms with E-state index in [9.17, 15) is 10.2 Å². The van der Waals surface area contributed by atoms with Crippen molar-refractivity contribution in [2.45, 2.75) is 43.3 Å². The average Bonchev–Trinajstić information content (AvgIpc) is 3.00. The summed E-state index contributed by atoms with van der Waals surface area (Å²) in [7, 11) is 0. The van der Waals surface area contributed by atoms with Crippen LogP contribution in [0.3, 0.4) is 0 Å². The van der Waals surface area contributed by atoms with E-state index in [4.69, 9.17) is 22.1 Å². The first-order valence-electron chi connectivity index (χ1n) is 6.98. The number of anilines is 1. The maximum Gasteiger partial charge on any atom is 0.222 e. The Labute approximate surface area is 137 Å². The second-order valence-corrected chi connectivity index (χ2v) is 6.00. The third-order valence-corrected chi connectivity index (χ3v) is 4.27. The van der Waals surface area contributed by atoms with Gasteiger partial charge in [0.1, 0.15) is 17.7 Å². The molecule has 122 valence electrons. The number of nitrogens with two attached hydrogens (primary N) is 1. The van der Waals surface area contributed by atoms with Crippen molar-refractivity contribution in [3.05, 3.63) is 12.5 Å². The van der Waals surface area contributed by atoms with Gasteiger partial charge in [-0.15, -0.1) is 5.92 Å². The molecule has 5 atom stereocenters. The Morgan fingerprint density at radius 1 is 1.52 bits per heavy atom. The third kappa shape index (κ3) is 2.42. The van der Waals surface area contributed by atoms with Gasteiger partial charge in [0.25, 0.3) is 0 Å². The van der Waals surface area contributed by atoms with Crippen molar-refractivity contribution in [2.75, 3.05) is 5.73 Å². The van der Waals surface area contributed by atoms with Crippen molar-refractivity contribution in [2.24, 2.45) is 0 Å². The molecule has 2 unspecified atom stereocenters. The minimum Gasteiger partial charge on any atom is -0.391 e. The van der Waals surface area contributed by atoms with Crippen LogP contribution in [0.25, 0.3) is 11.2 Å². The Morgan fingerprint density at radius 3 is 2.91 bits per heavy atom. The fourth-order valence-electron chi connectivity index (χ4n) is 2.69. The van der Waals surface area contributed by atoms with Gasteiger partial charge in [0.05, 0.1) is 18.6 Å². The molecule has 3 heterocycles. The van der Waals surface area contributed by atoms with Crippen LogP contribution >= 0.6 is 11.6 Å². The zero-order valence-electron chi connectivity index (χ0n) is 12.5. The van der Waals surface area contributed by atoms with Crippen LogP contribution in [0.5, 0.6) is 0 Å². The molecule has 9 heteroatoms. The number of aromatic nitrogens is 4. The number of nitrogens with zero attached hydrogens (tertiary/aromatic N) is 4. The number of imidazole rings is 1. The van der Waals surface area contributed by atoms with Crippen molar-refractivity contribution in [3.8, 4) is 11.8 Å². The van der Waals surface area contributed by atoms with Crippen LogP contribution in [-0.4, -0.2) is 52.9 Å². The molecule has 0 aliphatic carbocycles. The molecular formula is C14H16ClN5O3. The summed E-state index contributed by atoms with van der Waals surface area (Å²) in [6, 6.07) is 0. The van der Waals surface area contributed by atoms with Gasteiger partial charge in [0, 0.05) is 0 Å². The lowest BCUT2D eigenvalue weighted by atomic mass is 9.97. The van der Waals surface area contributed by atoms with E-state index < -0.39 is 29.4 Å². The summed E-state index contributed by atoms with van der Waals surface area (Å²) in [5, 5.41) is 20.3. The number of alkyl halides is 1. The van der Waals surface area contributed by atoms with Gasteiger partial charge in [-0.1, -0.05) is 17.5 Å². The Kier molecular flexibility index (Phi) is 3.90. The Bertz CT molecular complexity index is 799. The largest absolute Gasteiger partial charge is 0.391 e. The first-order valence-corrected chi connectivity index (χ1v) is 7.35. The summed E-state index contributed by atoms with van der Waals surface area (Å²) >= 11 is 6.57. The number of nitrogen functional groups attached to an aromatic ring is 1. The number of hydrogen-bond donors (Lipinski definition) is 3. The van der Waals surface area contributed by atoms with Gasteiger partial charge in [-0.2, -0.15) is 4.98 Å². The van der Waals surface area contributed by atoms with E-state index in [-0.39, 0.29) is 5.95 Å². The molecule has 1 aliphatic rings. The van der Waals surface area contributed by atoms with Crippen molar-refractivity contribution < 1.29 is 14.9 Å². The van der Waals surface area contributed by atoms with Crippen LogP contribution in [0.2, 0.25) is 0 Å². The highest BCUT2D eigenvalue weighted by Crippen LogP contribution is 2.45. The molecule has 23 heavy (non-hydrogen) atoms. The van der Waals surface area contributed by atoms with E-state index in [1.54, 1.807) is 6.92 Å². The molecule has 3 rings (SSSR count). The van der Waals surface area contributed by atoms with Gasteiger partial charge in [-0.05, 0) is 13.8 Å². The Hall–Kier alpha value is -1.92. The van der Waals surface area contributed by atoms with Crippen molar-refractivity contribution >= 4 is 28.7 Å². The van der Waals surface area contributed by atoms with Crippen LogP contribution in [0.15, 0.2) is 12.5 Å². The lowest BCUT2D eigenvalue weighted by molar-refractivity contribution is -0.0752. The van der Waals surface area contributed by atoms with Gasteiger partial charge >= 0.3 is 0 Å². The van der Waals surface area contributed by atoms with E-state index in [1.807, 2.05) is 0 Å². The summed E-state index contributed by atoms with van der Waals surface area (Å²) in [6.45, 7) is 3.12. The Balaban J connectivity index is 2.14. The number of halogens is 1. The zero-order valence-corrected chi connectivity index (χ0v) is 13.3. The summed E-state index contributed by atoms with van der Waals surface area (Å²) < 4.78 is 7.32. The minimum absolute atomic E-state index is 0.0756. The van der Waals surface area contributed by atoms with E-state index >= 15 is 0 Å². The zero-order chi connectivity index (χ0) is 16.8. The van der Waals surface area contributed by atoms with Crippen LogP contribution in [-0.2, 0) is 4.74 Å². The second-order valence-electron chi connectivity index (χ2n) is 5.37. The summed E-state index contributed by atoms with van der Waals surface area (Å²) in [5.41, 5.74) is 6.53. The maximum atomic E-state index is 10.5. The molecule has 0 radical (unpaired) electrons. The molecule has 0 saturated carbocycles. The normalized spacial score (nSPS) is 31.8. The smallest absolute Gasteiger partial charge is 0.222 e. The number of rotatable bonds is 2. The summed E-state index contributed by atoms with van der Waals surface area (Å²) in [4.78, 5) is 10.7. The number of fused-ring (bicyclic) bond motifs is 1. The minimum atomic E-state index is -1.45. The number of aliphatic hydroxyl groups excluding tert-OH is 2. The molecule has 0 aromatic carbocycles. The SMILES string of the molecule is CC#CC1(Cl)C(O)[C@@H]([C@@H](C)O)O[C@H]1n1cnc2cnc(N)nc21. The Morgan fingerprint density at radius 2 is 2.26 bits per heavy atom. The highest BCUT2D eigenvalue weighted by molar-refractivity contribution is 6.27. The van der Waals surface area contributed by atoms with Crippen LogP contribution in [0.4, 0.5) is 5.95 Å². The predicted octanol–water partition coefficient (Wildman–Crippen LogP) is 0.0485. The lowest BCUT2D eigenvalue weighted by Gasteiger charge is -2.25. The van der Waals surface area contributed by atoms with Crippen molar-refractivity contribution in [1.82, 2.24) is 19.5 Å². The number of hydrogen-bond acceptors (Lipinski definition) is 7. The quantitative estimate of drug-likeness (QED) is 0.523. The average molecular weight is 338 g/mol. The first-order chi connectivity index (χ1) is 10.9. The maximum absolute atomic E-state index is 10.5.